The third kappa shape index (κ3) is 5.25. The standard InChI is InChI=1S/C18H29N5O4S/c1-21(18(24)17-13-19-6-7-20-17)9-10-23(15-4-11-27-12-5-15)16-3-8-22(14-16)28(2,25)26/h6-7,13,15-16H,3-5,8-12,14H2,1-2H3. The summed E-state index contributed by atoms with van der Waals surface area (Å²) in [6.45, 7) is 3.74. The summed E-state index contributed by atoms with van der Waals surface area (Å²) >= 11 is 0. The van der Waals surface area contributed by atoms with E-state index >= 15 is 0 Å². The Morgan fingerprint density at radius 2 is 1.96 bits per heavy atom. The fourth-order valence-electron chi connectivity index (χ4n) is 3.93. The number of hydrogen-bond acceptors (Lipinski definition) is 7. The van der Waals surface area contributed by atoms with E-state index in [0.29, 0.717) is 37.9 Å². The van der Waals surface area contributed by atoms with Crippen LogP contribution in [0.1, 0.15) is 29.8 Å². The lowest BCUT2D eigenvalue weighted by Gasteiger charge is -2.39. The molecular formula is C18H29N5O4S. The molecule has 0 radical (unpaired) electrons. The van der Waals surface area contributed by atoms with E-state index in [0.717, 1.165) is 32.5 Å². The van der Waals surface area contributed by atoms with Crippen molar-refractivity contribution in [2.24, 2.45) is 0 Å². The van der Waals surface area contributed by atoms with E-state index in [-0.39, 0.29) is 11.9 Å². The fourth-order valence-corrected chi connectivity index (χ4v) is 4.81. The van der Waals surface area contributed by atoms with Crippen LogP contribution in [0, 0.1) is 0 Å². The molecule has 3 rings (SSSR count). The lowest BCUT2D eigenvalue weighted by atomic mass is 10.0. The number of hydrogen-bond donors (Lipinski definition) is 0. The molecule has 1 amide bonds. The van der Waals surface area contributed by atoms with Gasteiger partial charge in [-0.3, -0.25) is 14.7 Å². The van der Waals surface area contributed by atoms with Crippen LogP contribution in [0.2, 0.25) is 0 Å². The summed E-state index contributed by atoms with van der Waals surface area (Å²) in [6.07, 6.45) is 8.45. The van der Waals surface area contributed by atoms with Crippen molar-refractivity contribution >= 4 is 15.9 Å². The molecule has 1 aromatic rings. The first-order chi connectivity index (χ1) is 13.4. The molecule has 9 nitrogen and oxygen atoms in total. The van der Waals surface area contributed by atoms with Crippen LogP contribution in [0.25, 0.3) is 0 Å². The van der Waals surface area contributed by atoms with Crippen LogP contribution < -0.4 is 0 Å². The first kappa shape index (κ1) is 21.1. The van der Waals surface area contributed by atoms with Gasteiger partial charge in [0.05, 0.1) is 12.5 Å². The number of nitrogens with zero attached hydrogens (tertiary/aromatic N) is 5. The lowest BCUT2D eigenvalue weighted by Crippen LogP contribution is -2.50. The molecule has 2 aliphatic heterocycles. The predicted molar refractivity (Wildman–Crippen MR) is 104 cm³/mol. The molecule has 1 atom stereocenters. The second-order valence-corrected chi connectivity index (χ2v) is 9.44. The Morgan fingerprint density at radius 3 is 2.57 bits per heavy atom. The van der Waals surface area contributed by atoms with Crippen molar-refractivity contribution < 1.29 is 17.9 Å². The minimum absolute atomic E-state index is 0.163. The molecule has 1 aromatic heterocycles. The minimum Gasteiger partial charge on any atom is -0.381 e. The number of likely N-dealkylation sites (N-methyl/N-ethyl adjacent to an activating group) is 1. The molecule has 0 N–H and O–H groups in total. The summed E-state index contributed by atoms with van der Waals surface area (Å²) in [5, 5.41) is 0. The molecule has 0 spiro atoms. The molecule has 3 heterocycles. The molecule has 0 aromatic carbocycles. The maximum absolute atomic E-state index is 12.5. The van der Waals surface area contributed by atoms with Gasteiger partial charge in [-0.05, 0) is 19.3 Å². The van der Waals surface area contributed by atoms with E-state index in [1.807, 2.05) is 0 Å². The highest BCUT2D eigenvalue weighted by atomic mass is 32.2. The molecule has 2 fully saturated rings. The van der Waals surface area contributed by atoms with Crippen molar-refractivity contribution in [3.63, 3.8) is 0 Å². The maximum Gasteiger partial charge on any atom is 0.273 e. The number of carbonyl (C=O) groups excluding carboxylic acids is 1. The average molecular weight is 412 g/mol. The average Bonchev–Trinajstić information content (AvgIpc) is 3.19. The van der Waals surface area contributed by atoms with Gasteiger partial charge >= 0.3 is 0 Å². The Balaban J connectivity index is 1.65. The highest BCUT2D eigenvalue weighted by Crippen LogP contribution is 2.24. The Labute approximate surface area is 166 Å². The van der Waals surface area contributed by atoms with Crippen molar-refractivity contribution in [1.82, 2.24) is 24.1 Å². The summed E-state index contributed by atoms with van der Waals surface area (Å²) in [5.74, 6) is -0.163. The van der Waals surface area contributed by atoms with Gasteiger partial charge in [-0.15, -0.1) is 0 Å². The Morgan fingerprint density at radius 1 is 1.21 bits per heavy atom. The molecular weight excluding hydrogens is 382 g/mol. The van der Waals surface area contributed by atoms with E-state index in [1.165, 1.54) is 24.8 Å². The largest absolute Gasteiger partial charge is 0.381 e. The van der Waals surface area contributed by atoms with Crippen LogP contribution in [0.4, 0.5) is 0 Å². The van der Waals surface area contributed by atoms with Crippen molar-refractivity contribution in [3.8, 4) is 0 Å². The normalized spacial score (nSPS) is 21.9. The second-order valence-electron chi connectivity index (χ2n) is 7.46. The quantitative estimate of drug-likeness (QED) is 0.626. The first-order valence-corrected chi connectivity index (χ1v) is 11.5. The summed E-state index contributed by atoms with van der Waals surface area (Å²) in [5.41, 5.74) is 0.326. The third-order valence-electron chi connectivity index (χ3n) is 5.55. The molecule has 10 heteroatoms. The number of sulfonamides is 1. The van der Waals surface area contributed by atoms with Gasteiger partial charge in [-0.2, -0.15) is 0 Å². The van der Waals surface area contributed by atoms with Crippen LogP contribution in [0.15, 0.2) is 18.6 Å². The smallest absolute Gasteiger partial charge is 0.273 e. The van der Waals surface area contributed by atoms with Crippen molar-refractivity contribution in [1.29, 1.82) is 0 Å². The number of amides is 1. The molecule has 0 aliphatic carbocycles. The zero-order valence-electron chi connectivity index (χ0n) is 16.5. The topological polar surface area (TPSA) is 95.9 Å². The van der Waals surface area contributed by atoms with Gasteiger partial charge < -0.3 is 9.64 Å². The number of carbonyl (C=O) groups is 1. The van der Waals surface area contributed by atoms with Gasteiger partial charge in [0, 0.05) is 70.9 Å². The van der Waals surface area contributed by atoms with E-state index < -0.39 is 10.0 Å². The molecule has 156 valence electrons. The minimum atomic E-state index is -3.18. The van der Waals surface area contributed by atoms with Gasteiger partial charge in [0.2, 0.25) is 10.0 Å². The Kier molecular flexibility index (Phi) is 6.97. The maximum atomic E-state index is 12.5. The van der Waals surface area contributed by atoms with E-state index in [9.17, 15) is 13.2 Å². The van der Waals surface area contributed by atoms with Crippen molar-refractivity contribution in [2.45, 2.75) is 31.3 Å². The monoisotopic (exact) mass is 411 g/mol. The van der Waals surface area contributed by atoms with Crippen LogP contribution in [0.3, 0.4) is 0 Å². The molecule has 1 unspecified atom stereocenters. The molecule has 0 bridgehead atoms. The Bertz CT molecular complexity index is 754. The van der Waals surface area contributed by atoms with Crippen molar-refractivity contribution in [3.05, 3.63) is 24.3 Å². The summed E-state index contributed by atoms with van der Waals surface area (Å²) in [4.78, 5) is 24.6. The van der Waals surface area contributed by atoms with Gasteiger partial charge in [-0.25, -0.2) is 17.7 Å². The van der Waals surface area contributed by atoms with Gasteiger partial charge in [0.1, 0.15) is 5.69 Å². The number of rotatable bonds is 7. The van der Waals surface area contributed by atoms with Crippen molar-refractivity contribution in [2.75, 3.05) is 52.7 Å². The van der Waals surface area contributed by atoms with Crippen LogP contribution in [-0.4, -0.2) is 103 Å². The fraction of sp³-hybridized carbons (Fsp3) is 0.722. The molecule has 28 heavy (non-hydrogen) atoms. The number of ether oxygens (including phenoxy) is 1. The first-order valence-electron chi connectivity index (χ1n) is 9.66. The van der Waals surface area contributed by atoms with Gasteiger partial charge in [0.25, 0.3) is 5.91 Å². The molecule has 0 saturated carbocycles. The summed E-state index contributed by atoms with van der Waals surface area (Å²) < 4.78 is 30.9. The SMILES string of the molecule is CN(CCN(C1CCOCC1)C1CCN(S(C)(=O)=O)C1)C(=O)c1cnccn1. The lowest BCUT2D eigenvalue weighted by molar-refractivity contribution is 0.0157. The summed E-state index contributed by atoms with van der Waals surface area (Å²) in [7, 11) is -1.42. The highest BCUT2D eigenvalue weighted by Gasteiger charge is 2.36. The van der Waals surface area contributed by atoms with Crippen LogP contribution in [0.5, 0.6) is 0 Å². The highest BCUT2D eigenvalue weighted by molar-refractivity contribution is 7.88. The zero-order valence-corrected chi connectivity index (χ0v) is 17.3. The van der Waals surface area contributed by atoms with E-state index in [4.69, 9.17) is 4.74 Å². The van der Waals surface area contributed by atoms with Gasteiger partial charge in [0.15, 0.2) is 0 Å². The molecule has 2 aliphatic rings. The van der Waals surface area contributed by atoms with E-state index in [1.54, 1.807) is 16.3 Å². The Hall–Kier alpha value is -1.62. The second kappa shape index (κ2) is 9.25. The third-order valence-corrected chi connectivity index (χ3v) is 6.82. The van der Waals surface area contributed by atoms with Crippen LogP contribution in [-0.2, 0) is 14.8 Å². The zero-order chi connectivity index (χ0) is 20.1. The van der Waals surface area contributed by atoms with Gasteiger partial charge in [-0.1, -0.05) is 0 Å². The number of aromatic nitrogens is 2. The predicted octanol–water partition coefficient (Wildman–Crippen LogP) is 0.0635. The van der Waals surface area contributed by atoms with Crippen LogP contribution >= 0.6 is 0 Å². The van der Waals surface area contributed by atoms with E-state index in [2.05, 4.69) is 14.9 Å². The summed E-state index contributed by atoms with van der Waals surface area (Å²) in [6, 6.07) is 0.510. The molecule has 2 saturated heterocycles.